The highest BCUT2D eigenvalue weighted by molar-refractivity contribution is 5.16. The lowest BCUT2D eigenvalue weighted by Crippen LogP contribution is -2.38. The first-order valence-electron chi connectivity index (χ1n) is 5.30. The molecule has 0 heterocycles. The Bertz CT molecular complexity index is 320. The van der Waals surface area contributed by atoms with E-state index in [0.717, 1.165) is 0 Å². The molecular formula is C12H19FN2O. The van der Waals surface area contributed by atoms with Crippen molar-refractivity contribution in [3.63, 3.8) is 0 Å². The van der Waals surface area contributed by atoms with Crippen LogP contribution in [0, 0.1) is 5.82 Å². The summed E-state index contributed by atoms with van der Waals surface area (Å²) in [6.07, 6.45) is 0. The van der Waals surface area contributed by atoms with Gasteiger partial charge >= 0.3 is 0 Å². The number of rotatable bonds is 6. The first-order valence-corrected chi connectivity index (χ1v) is 5.30. The minimum atomic E-state index is -0.172. The highest BCUT2D eigenvalue weighted by Crippen LogP contribution is 2.08. The third-order valence-corrected chi connectivity index (χ3v) is 2.33. The van der Waals surface area contributed by atoms with Crippen molar-refractivity contribution in [1.82, 2.24) is 4.90 Å². The van der Waals surface area contributed by atoms with Crippen LogP contribution in [0.4, 0.5) is 4.39 Å². The molecular weight excluding hydrogens is 207 g/mol. The predicted molar refractivity (Wildman–Crippen MR) is 62.6 cm³/mol. The van der Waals surface area contributed by atoms with Crippen LogP contribution in [0.1, 0.15) is 5.56 Å². The number of benzene rings is 1. The highest BCUT2D eigenvalue weighted by atomic mass is 19.1. The van der Waals surface area contributed by atoms with Crippen LogP contribution in [0.2, 0.25) is 0 Å². The van der Waals surface area contributed by atoms with Crippen LogP contribution in [0.25, 0.3) is 0 Å². The van der Waals surface area contributed by atoms with Crippen molar-refractivity contribution in [2.45, 2.75) is 12.6 Å². The SMILES string of the molecule is COCC(N)CN(C)Cc1ccccc1F. The fourth-order valence-corrected chi connectivity index (χ4v) is 1.65. The first kappa shape index (κ1) is 13.1. The van der Waals surface area contributed by atoms with Gasteiger partial charge in [0, 0.05) is 31.8 Å². The standard InChI is InChI=1S/C12H19FN2O/c1-15(8-11(14)9-16-2)7-10-5-3-4-6-12(10)13/h3-6,11H,7-9,14H2,1-2H3. The Morgan fingerprint density at radius 3 is 2.75 bits per heavy atom. The summed E-state index contributed by atoms with van der Waals surface area (Å²) in [7, 11) is 3.54. The normalized spacial score (nSPS) is 13.1. The van der Waals surface area contributed by atoms with Gasteiger partial charge in [-0.05, 0) is 13.1 Å². The predicted octanol–water partition coefficient (Wildman–Crippen LogP) is 1.23. The summed E-state index contributed by atoms with van der Waals surface area (Å²) in [5, 5.41) is 0. The maximum Gasteiger partial charge on any atom is 0.127 e. The van der Waals surface area contributed by atoms with Crippen LogP contribution >= 0.6 is 0 Å². The summed E-state index contributed by atoms with van der Waals surface area (Å²) in [5.41, 5.74) is 6.51. The van der Waals surface area contributed by atoms with Gasteiger partial charge in [-0.2, -0.15) is 0 Å². The average molecular weight is 226 g/mol. The molecule has 1 atom stereocenters. The van der Waals surface area contributed by atoms with Crippen molar-refractivity contribution in [3.8, 4) is 0 Å². The molecule has 0 aliphatic heterocycles. The van der Waals surface area contributed by atoms with Gasteiger partial charge in [0.1, 0.15) is 5.82 Å². The fraction of sp³-hybridized carbons (Fsp3) is 0.500. The number of hydrogen-bond acceptors (Lipinski definition) is 3. The summed E-state index contributed by atoms with van der Waals surface area (Å²) < 4.78 is 18.3. The fourth-order valence-electron chi connectivity index (χ4n) is 1.65. The average Bonchev–Trinajstić information content (AvgIpc) is 2.21. The monoisotopic (exact) mass is 226 g/mol. The molecule has 3 nitrogen and oxygen atoms in total. The molecule has 0 saturated heterocycles. The zero-order valence-electron chi connectivity index (χ0n) is 9.82. The number of methoxy groups -OCH3 is 1. The largest absolute Gasteiger partial charge is 0.383 e. The first-order chi connectivity index (χ1) is 7.63. The summed E-state index contributed by atoms with van der Waals surface area (Å²) in [4.78, 5) is 1.99. The number of nitrogens with zero attached hydrogens (tertiary/aromatic N) is 1. The molecule has 0 aromatic heterocycles. The second-order valence-electron chi connectivity index (χ2n) is 4.00. The van der Waals surface area contributed by atoms with Crippen molar-refractivity contribution in [2.24, 2.45) is 5.73 Å². The molecule has 1 unspecified atom stereocenters. The highest BCUT2D eigenvalue weighted by Gasteiger charge is 2.08. The molecule has 0 saturated carbocycles. The van der Waals surface area contributed by atoms with Gasteiger partial charge < -0.3 is 15.4 Å². The molecule has 1 aromatic carbocycles. The Kier molecular flexibility index (Phi) is 5.38. The van der Waals surface area contributed by atoms with E-state index in [1.165, 1.54) is 6.07 Å². The number of likely N-dealkylation sites (N-methyl/N-ethyl adjacent to an activating group) is 1. The molecule has 1 rings (SSSR count). The Hall–Kier alpha value is -0.970. The molecule has 0 fully saturated rings. The van der Waals surface area contributed by atoms with E-state index < -0.39 is 0 Å². The van der Waals surface area contributed by atoms with Crippen molar-refractivity contribution in [2.75, 3.05) is 27.3 Å². The Balaban J connectivity index is 2.45. The number of hydrogen-bond donors (Lipinski definition) is 1. The zero-order valence-corrected chi connectivity index (χ0v) is 9.82. The topological polar surface area (TPSA) is 38.5 Å². The van der Waals surface area contributed by atoms with Gasteiger partial charge in [0.15, 0.2) is 0 Å². The number of halogens is 1. The molecule has 0 bridgehead atoms. The van der Waals surface area contributed by atoms with Gasteiger partial charge in [-0.25, -0.2) is 4.39 Å². The molecule has 0 aliphatic carbocycles. The molecule has 4 heteroatoms. The summed E-state index contributed by atoms with van der Waals surface area (Å²) in [6, 6.07) is 6.74. The summed E-state index contributed by atoms with van der Waals surface area (Å²) >= 11 is 0. The van der Waals surface area contributed by atoms with E-state index in [4.69, 9.17) is 10.5 Å². The Morgan fingerprint density at radius 2 is 2.12 bits per heavy atom. The van der Waals surface area contributed by atoms with Crippen LogP contribution in [-0.4, -0.2) is 38.3 Å². The smallest absolute Gasteiger partial charge is 0.127 e. The quantitative estimate of drug-likeness (QED) is 0.793. The van der Waals surface area contributed by atoms with E-state index in [9.17, 15) is 4.39 Å². The van der Waals surface area contributed by atoms with Gasteiger partial charge in [0.25, 0.3) is 0 Å². The van der Waals surface area contributed by atoms with E-state index in [1.54, 1.807) is 19.2 Å². The van der Waals surface area contributed by atoms with Gasteiger partial charge in [0.05, 0.1) is 6.61 Å². The van der Waals surface area contributed by atoms with E-state index in [1.807, 2.05) is 18.0 Å². The van der Waals surface area contributed by atoms with Crippen LogP contribution in [-0.2, 0) is 11.3 Å². The van der Waals surface area contributed by atoms with Crippen molar-refractivity contribution in [3.05, 3.63) is 35.6 Å². The van der Waals surface area contributed by atoms with Gasteiger partial charge in [0.2, 0.25) is 0 Å². The second-order valence-corrected chi connectivity index (χ2v) is 4.00. The molecule has 16 heavy (non-hydrogen) atoms. The summed E-state index contributed by atoms with van der Waals surface area (Å²) in [6.45, 7) is 1.76. The molecule has 0 aliphatic rings. The lowest BCUT2D eigenvalue weighted by Gasteiger charge is -2.21. The van der Waals surface area contributed by atoms with Gasteiger partial charge in [-0.1, -0.05) is 18.2 Å². The molecule has 1 aromatic rings. The third kappa shape index (κ3) is 4.26. The third-order valence-electron chi connectivity index (χ3n) is 2.33. The lowest BCUT2D eigenvalue weighted by atomic mass is 10.2. The molecule has 0 radical (unpaired) electrons. The molecule has 0 spiro atoms. The van der Waals surface area contributed by atoms with Gasteiger partial charge in [-0.15, -0.1) is 0 Å². The van der Waals surface area contributed by atoms with Gasteiger partial charge in [-0.3, -0.25) is 0 Å². The van der Waals surface area contributed by atoms with Crippen LogP contribution in [0.5, 0.6) is 0 Å². The maximum atomic E-state index is 13.4. The van der Waals surface area contributed by atoms with Crippen molar-refractivity contribution < 1.29 is 9.13 Å². The Labute approximate surface area is 96.0 Å². The maximum absolute atomic E-state index is 13.4. The molecule has 0 amide bonds. The van der Waals surface area contributed by atoms with E-state index in [0.29, 0.717) is 25.3 Å². The van der Waals surface area contributed by atoms with E-state index in [2.05, 4.69) is 0 Å². The number of ether oxygens (including phenoxy) is 1. The summed E-state index contributed by atoms with van der Waals surface area (Å²) in [5.74, 6) is -0.172. The minimum absolute atomic E-state index is 0.0400. The van der Waals surface area contributed by atoms with Crippen LogP contribution in [0.3, 0.4) is 0 Å². The number of nitrogens with two attached hydrogens (primary N) is 1. The lowest BCUT2D eigenvalue weighted by molar-refractivity contribution is 0.159. The minimum Gasteiger partial charge on any atom is -0.383 e. The van der Waals surface area contributed by atoms with Crippen molar-refractivity contribution in [1.29, 1.82) is 0 Å². The van der Waals surface area contributed by atoms with E-state index >= 15 is 0 Å². The molecule has 90 valence electrons. The molecule has 2 N–H and O–H groups in total. The Morgan fingerprint density at radius 1 is 1.44 bits per heavy atom. The second kappa shape index (κ2) is 6.58. The zero-order chi connectivity index (χ0) is 12.0. The van der Waals surface area contributed by atoms with Crippen molar-refractivity contribution >= 4 is 0 Å². The van der Waals surface area contributed by atoms with Crippen LogP contribution < -0.4 is 5.73 Å². The van der Waals surface area contributed by atoms with E-state index in [-0.39, 0.29) is 11.9 Å². The van der Waals surface area contributed by atoms with Crippen LogP contribution in [0.15, 0.2) is 24.3 Å².